The molecule has 0 bridgehead atoms. The van der Waals surface area contributed by atoms with Gasteiger partial charge in [0, 0.05) is 26.6 Å². The minimum Gasteiger partial charge on any atom is -0.493 e. The molecule has 1 aromatic rings. The Morgan fingerprint density at radius 3 is 2.75 bits per heavy atom. The first-order valence-corrected chi connectivity index (χ1v) is 6.68. The largest absolute Gasteiger partial charge is 0.493 e. The van der Waals surface area contributed by atoms with Crippen LogP contribution in [0.1, 0.15) is 18.4 Å². The SMILES string of the molecule is COCCNCc1ccc(OCCCC#N)c(OC)c1. The lowest BCUT2D eigenvalue weighted by Crippen LogP contribution is -2.18. The molecule has 0 saturated heterocycles. The summed E-state index contributed by atoms with van der Waals surface area (Å²) in [5.41, 5.74) is 1.13. The Labute approximate surface area is 120 Å². The first-order valence-electron chi connectivity index (χ1n) is 6.68. The van der Waals surface area contributed by atoms with E-state index < -0.39 is 0 Å². The highest BCUT2D eigenvalue weighted by molar-refractivity contribution is 5.42. The van der Waals surface area contributed by atoms with Crippen molar-refractivity contribution in [2.24, 2.45) is 0 Å². The summed E-state index contributed by atoms with van der Waals surface area (Å²) in [6, 6.07) is 7.96. The highest BCUT2D eigenvalue weighted by Crippen LogP contribution is 2.28. The maximum absolute atomic E-state index is 8.48. The molecule has 0 aromatic heterocycles. The average Bonchev–Trinajstić information content (AvgIpc) is 2.49. The molecule has 0 spiro atoms. The maximum Gasteiger partial charge on any atom is 0.161 e. The van der Waals surface area contributed by atoms with Gasteiger partial charge in [-0.05, 0) is 24.1 Å². The number of nitrogens with one attached hydrogen (secondary N) is 1. The van der Waals surface area contributed by atoms with Crippen LogP contribution in [0.4, 0.5) is 0 Å². The molecule has 110 valence electrons. The van der Waals surface area contributed by atoms with Crippen LogP contribution in [0.15, 0.2) is 18.2 Å². The van der Waals surface area contributed by atoms with E-state index >= 15 is 0 Å². The van der Waals surface area contributed by atoms with Gasteiger partial charge in [0.2, 0.25) is 0 Å². The number of nitriles is 1. The van der Waals surface area contributed by atoms with Crippen LogP contribution in [0.2, 0.25) is 0 Å². The third-order valence-corrected chi connectivity index (χ3v) is 2.73. The van der Waals surface area contributed by atoms with E-state index in [1.165, 1.54) is 0 Å². The zero-order valence-electron chi connectivity index (χ0n) is 12.1. The van der Waals surface area contributed by atoms with E-state index in [1.807, 2.05) is 18.2 Å². The van der Waals surface area contributed by atoms with Crippen LogP contribution >= 0.6 is 0 Å². The summed E-state index contributed by atoms with van der Waals surface area (Å²) in [5, 5.41) is 11.8. The number of methoxy groups -OCH3 is 2. The predicted molar refractivity (Wildman–Crippen MR) is 76.9 cm³/mol. The fourth-order valence-electron chi connectivity index (χ4n) is 1.68. The molecule has 0 radical (unpaired) electrons. The van der Waals surface area contributed by atoms with Crippen molar-refractivity contribution in [2.75, 3.05) is 34.0 Å². The Bertz CT molecular complexity index is 430. The summed E-state index contributed by atoms with van der Waals surface area (Å²) in [6.07, 6.45) is 1.23. The molecule has 0 heterocycles. The molecule has 0 aliphatic rings. The van der Waals surface area contributed by atoms with Gasteiger partial charge in [0.25, 0.3) is 0 Å². The Morgan fingerprint density at radius 2 is 2.05 bits per heavy atom. The first-order chi connectivity index (χ1) is 9.81. The van der Waals surface area contributed by atoms with Crippen LogP contribution in [-0.4, -0.2) is 34.0 Å². The fraction of sp³-hybridized carbons (Fsp3) is 0.533. The number of unbranched alkanes of at least 4 members (excludes halogenated alkanes) is 1. The summed E-state index contributed by atoms with van der Waals surface area (Å²) in [7, 11) is 3.31. The smallest absolute Gasteiger partial charge is 0.161 e. The van der Waals surface area contributed by atoms with Crippen LogP contribution in [0.3, 0.4) is 0 Å². The van der Waals surface area contributed by atoms with Gasteiger partial charge in [0.05, 0.1) is 26.4 Å². The fourth-order valence-corrected chi connectivity index (χ4v) is 1.68. The topological polar surface area (TPSA) is 63.5 Å². The highest BCUT2D eigenvalue weighted by atomic mass is 16.5. The van der Waals surface area contributed by atoms with Crippen LogP contribution in [-0.2, 0) is 11.3 Å². The number of hydrogen-bond donors (Lipinski definition) is 1. The van der Waals surface area contributed by atoms with Gasteiger partial charge in [-0.15, -0.1) is 0 Å². The molecule has 0 atom stereocenters. The molecule has 1 N–H and O–H groups in total. The molecule has 5 heteroatoms. The minimum absolute atomic E-state index is 0.504. The normalized spacial score (nSPS) is 10.1. The zero-order valence-corrected chi connectivity index (χ0v) is 12.1. The lowest BCUT2D eigenvalue weighted by atomic mass is 10.2. The molecule has 0 unspecified atom stereocenters. The lowest BCUT2D eigenvalue weighted by Gasteiger charge is -2.12. The summed E-state index contributed by atoms with van der Waals surface area (Å²) >= 11 is 0. The van der Waals surface area contributed by atoms with Crippen LogP contribution in [0.25, 0.3) is 0 Å². The van der Waals surface area contributed by atoms with Crippen molar-refractivity contribution in [1.82, 2.24) is 5.32 Å². The van der Waals surface area contributed by atoms with E-state index in [1.54, 1.807) is 14.2 Å². The standard InChI is InChI=1S/C15H22N2O3/c1-18-10-8-17-12-13-5-6-14(15(11-13)19-2)20-9-4-3-7-16/h5-6,11,17H,3-4,8-10,12H2,1-2H3. The number of hydrogen-bond acceptors (Lipinski definition) is 5. The van der Waals surface area contributed by atoms with Gasteiger partial charge < -0.3 is 19.5 Å². The average molecular weight is 278 g/mol. The number of rotatable bonds is 10. The number of ether oxygens (including phenoxy) is 3. The molecule has 20 heavy (non-hydrogen) atoms. The van der Waals surface area contributed by atoms with Gasteiger partial charge >= 0.3 is 0 Å². The second-order valence-corrected chi connectivity index (χ2v) is 4.26. The van der Waals surface area contributed by atoms with Crippen LogP contribution in [0.5, 0.6) is 11.5 Å². The molecular formula is C15H22N2O3. The molecule has 0 fully saturated rings. The molecule has 1 rings (SSSR count). The molecular weight excluding hydrogens is 256 g/mol. The summed E-state index contributed by atoms with van der Waals surface area (Å²) in [6.45, 7) is 2.78. The van der Waals surface area contributed by atoms with Crippen LogP contribution in [0, 0.1) is 11.3 Å². The predicted octanol–water partition coefficient (Wildman–Crippen LogP) is 2.11. The third kappa shape index (κ3) is 5.91. The maximum atomic E-state index is 8.48. The summed E-state index contributed by atoms with van der Waals surface area (Å²) in [5.74, 6) is 1.43. The molecule has 0 aliphatic carbocycles. The van der Waals surface area contributed by atoms with Crippen molar-refractivity contribution in [1.29, 1.82) is 5.26 Å². The van der Waals surface area contributed by atoms with Gasteiger partial charge in [-0.25, -0.2) is 0 Å². The number of benzene rings is 1. The molecule has 0 amide bonds. The minimum atomic E-state index is 0.504. The molecule has 0 saturated carbocycles. The third-order valence-electron chi connectivity index (χ3n) is 2.73. The monoisotopic (exact) mass is 278 g/mol. The van der Waals surface area contributed by atoms with Gasteiger partial charge in [-0.3, -0.25) is 0 Å². The highest BCUT2D eigenvalue weighted by Gasteiger charge is 2.05. The summed E-state index contributed by atoms with van der Waals surface area (Å²) in [4.78, 5) is 0. The van der Waals surface area contributed by atoms with Gasteiger partial charge in [0.1, 0.15) is 0 Å². The Morgan fingerprint density at radius 1 is 1.20 bits per heavy atom. The molecule has 1 aromatic carbocycles. The second kappa shape index (κ2) is 10.1. The van der Waals surface area contributed by atoms with Crippen molar-refractivity contribution in [2.45, 2.75) is 19.4 Å². The Balaban J connectivity index is 2.49. The van der Waals surface area contributed by atoms with E-state index in [4.69, 9.17) is 19.5 Å². The van der Waals surface area contributed by atoms with Crippen molar-refractivity contribution < 1.29 is 14.2 Å². The van der Waals surface area contributed by atoms with E-state index in [-0.39, 0.29) is 0 Å². The van der Waals surface area contributed by atoms with Gasteiger partial charge in [-0.1, -0.05) is 6.07 Å². The zero-order chi connectivity index (χ0) is 14.6. The van der Waals surface area contributed by atoms with Crippen LogP contribution < -0.4 is 14.8 Å². The van der Waals surface area contributed by atoms with Gasteiger partial charge in [0.15, 0.2) is 11.5 Å². The summed E-state index contributed by atoms with van der Waals surface area (Å²) < 4.78 is 15.9. The lowest BCUT2D eigenvalue weighted by molar-refractivity contribution is 0.199. The molecule has 0 aliphatic heterocycles. The first kappa shape index (κ1) is 16.3. The van der Waals surface area contributed by atoms with Gasteiger partial charge in [-0.2, -0.15) is 5.26 Å². The van der Waals surface area contributed by atoms with Crippen molar-refractivity contribution in [3.8, 4) is 17.6 Å². The Hall–Kier alpha value is -1.77. The second-order valence-electron chi connectivity index (χ2n) is 4.26. The Kier molecular flexibility index (Phi) is 8.20. The number of nitrogens with zero attached hydrogens (tertiary/aromatic N) is 1. The quantitative estimate of drug-likeness (QED) is 0.664. The van der Waals surface area contributed by atoms with E-state index in [9.17, 15) is 0 Å². The van der Waals surface area contributed by atoms with Crippen molar-refractivity contribution in [3.63, 3.8) is 0 Å². The van der Waals surface area contributed by atoms with Crippen molar-refractivity contribution in [3.05, 3.63) is 23.8 Å². The molecule has 5 nitrogen and oxygen atoms in total. The van der Waals surface area contributed by atoms with E-state index in [0.29, 0.717) is 31.1 Å². The van der Waals surface area contributed by atoms with E-state index in [2.05, 4.69) is 11.4 Å². The van der Waals surface area contributed by atoms with Crippen molar-refractivity contribution >= 4 is 0 Å². The van der Waals surface area contributed by atoms with E-state index in [0.717, 1.165) is 25.1 Å².